The van der Waals surface area contributed by atoms with Crippen LogP contribution in [-0.4, -0.2) is 0 Å². The predicted octanol–water partition coefficient (Wildman–Crippen LogP) is 3.24. The largest absolute Gasteiger partial charge is 0.207 e. The molecule has 2 aromatic carbocycles. The van der Waals surface area contributed by atoms with Crippen molar-refractivity contribution in [2.45, 2.75) is 0 Å². The van der Waals surface area contributed by atoms with Crippen LogP contribution in [0.1, 0.15) is 0 Å². The van der Waals surface area contributed by atoms with Crippen LogP contribution in [0.25, 0.3) is 0 Å². The van der Waals surface area contributed by atoms with Gasteiger partial charge in [-0.1, -0.05) is 11.8 Å². The molecule has 0 saturated carbocycles. The Morgan fingerprint density at radius 2 is 1.06 bits per heavy atom. The van der Waals surface area contributed by atoms with E-state index in [2.05, 4.69) is 12.2 Å². The summed E-state index contributed by atoms with van der Waals surface area (Å²) in [5, 5.41) is -0.652. The minimum Gasteiger partial charge on any atom is -0.207 e. The first kappa shape index (κ1) is 12.7. The number of benzene rings is 2. The van der Waals surface area contributed by atoms with Gasteiger partial charge in [0, 0.05) is 0 Å². The third kappa shape index (κ3) is 2.76. The molecule has 0 nitrogen and oxygen atoms in total. The Labute approximate surface area is 109 Å². The molecule has 2 rings (SSSR count). The van der Waals surface area contributed by atoms with Crippen LogP contribution in [0.2, 0.25) is 0 Å². The Balaban J connectivity index is 2.45. The Kier molecular flexibility index (Phi) is 3.67. The summed E-state index contributed by atoms with van der Waals surface area (Å²) < 4.78 is 25.7. The third-order valence-electron chi connectivity index (χ3n) is 2.35. The first-order valence-electron chi connectivity index (χ1n) is 4.85. The molecule has 0 amide bonds. The van der Waals surface area contributed by atoms with E-state index >= 15 is 0 Å². The number of halogens is 2. The van der Waals surface area contributed by atoms with Crippen molar-refractivity contribution in [1.82, 2.24) is 0 Å². The van der Waals surface area contributed by atoms with Crippen molar-refractivity contribution in [3.05, 3.63) is 60.2 Å². The molecule has 88 valence electrons. The quantitative estimate of drug-likeness (QED) is 0.653. The molecule has 0 aliphatic carbocycles. The summed E-state index contributed by atoms with van der Waals surface area (Å²) in [6, 6.07) is 12.0. The summed E-state index contributed by atoms with van der Waals surface area (Å²) >= 11 is 10.0. The van der Waals surface area contributed by atoms with Gasteiger partial charge < -0.3 is 0 Å². The van der Waals surface area contributed by atoms with Gasteiger partial charge in [0.15, 0.2) is 0 Å². The van der Waals surface area contributed by atoms with Crippen LogP contribution in [0, 0.1) is 11.6 Å². The SMILES string of the molecule is Fc1ccc(P(=S)(S)c2ccc(F)cc2)cc1. The van der Waals surface area contributed by atoms with Crippen LogP contribution in [0.4, 0.5) is 8.78 Å². The Hall–Kier alpha value is -0.700. The van der Waals surface area contributed by atoms with E-state index in [1.165, 1.54) is 24.3 Å². The monoisotopic (exact) mass is 286 g/mol. The number of thiol groups is 1. The van der Waals surface area contributed by atoms with E-state index in [1.807, 2.05) is 0 Å². The van der Waals surface area contributed by atoms with Crippen molar-refractivity contribution < 1.29 is 8.78 Å². The minimum atomic E-state index is -2.24. The van der Waals surface area contributed by atoms with Gasteiger partial charge in [0.1, 0.15) is 11.6 Å². The summed E-state index contributed by atoms with van der Waals surface area (Å²) in [6.07, 6.45) is 0. The first-order valence-corrected chi connectivity index (χ1v) is 8.81. The fourth-order valence-corrected chi connectivity index (χ4v) is 4.37. The molecule has 0 aliphatic heterocycles. The summed E-state index contributed by atoms with van der Waals surface area (Å²) in [5.41, 5.74) is 0. The van der Waals surface area contributed by atoms with Crippen molar-refractivity contribution >= 4 is 39.9 Å². The molecule has 0 aliphatic rings. The lowest BCUT2D eigenvalue weighted by Gasteiger charge is -2.16. The van der Waals surface area contributed by atoms with Crippen LogP contribution >= 0.6 is 17.5 Å². The van der Waals surface area contributed by atoms with E-state index in [0.717, 1.165) is 10.6 Å². The van der Waals surface area contributed by atoms with E-state index in [-0.39, 0.29) is 11.6 Å². The molecule has 0 spiro atoms. The summed E-state index contributed by atoms with van der Waals surface area (Å²) in [7, 11) is 0. The van der Waals surface area contributed by atoms with Crippen LogP contribution in [-0.2, 0) is 11.8 Å². The maximum atomic E-state index is 12.8. The van der Waals surface area contributed by atoms with E-state index in [4.69, 9.17) is 11.8 Å². The van der Waals surface area contributed by atoms with E-state index in [9.17, 15) is 8.78 Å². The number of hydrogen-bond acceptors (Lipinski definition) is 1. The van der Waals surface area contributed by atoms with E-state index in [0.29, 0.717) is 0 Å². The second-order valence-electron chi connectivity index (χ2n) is 3.53. The first-order chi connectivity index (χ1) is 8.00. The second kappa shape index (κ2) is 4.89. The van der Waals surface area contributed by atoms with Crippen LogP contribution < -0.4 is 10.6 Å². The van der Waals surface area contributed by atoms with Crippen LogP contribution in [0.3, 0.4) is 0 Å². The fraction of sp³-hybridized carbons (Fsp3) is 0. The zero-order valence-corrected chi connectivity index (χ0v) is 11.3. The van der Waals surface area contributed by atoms with E-state index < -0.39 is 5.24 Å². The third-order valence-corrected chi connectivity index (χ3v) is 7.00. The van der Waals surface area contributed by atoms with Crippen LogP contribution in [0.5, 0.6) is 0 Å². The van der Waals surface area contributed by atoms with Gasteiger partial charge >= 0.3 is 0 Å². The van der Waals surface area contributed by atoms with Crippen LogP contribution in [0.15, 0.2) is 48.5 Å². The molecule has 0 radical (unpaired) electrons. The van der Waals surface area contributed by atoms with Gasteiger partial charge in [-0.25, -0.2) is 8.78 Å². The fourth-order valence-electron chi connectivity index (χ4n) is 1.44. The lowest BCUT2D eigenvalue weighted by Crippen LogP contribution is -2.11. The molecule has 0 heterocycles. The highest BCUT2D eigenvalue weighted by atomic mass is 32.9. The lowest BCUT2D eigenvalue weighted by molar-refractivity contribution is 0.628. The topological polar surface area (TPSA) is 0 Å². The van der Waals surface area contributed by atoms with Crippen molar-refractivity contribution in [1.29, 1.82) is 0 Å². The molecule has 0 saturated heterocycles. The average molecular weight is 286 g/mol. The molecule has 0 atom stereocenters. The minimum absolute atomic E-state index is 0.309. The zero-order chi connectivity index (χ0) is 12.5. The zero-order valence-electron chi connectivity index (χ0n) is 8.68. The molecule has 0 unspecified atom stereocenters. The smallest absolute Gasteiger partial charge is 0.123 e. The number of hydrogen-bond donors (Lipinski definition) is 1. The maximum absolute atomic E-state index is 12.8. The van der Waals surface area contributed by atoms with Gasteiger partial charge in [-0.2, -0.15) is 0 Å². The molecule has 0 aromatic heterocycles. The summed E-state index contributed by atoms with van der Waals surface area (Å²) in [5.74, 6) is -0.618. The summed E-state index contributed by atoms with van der Waals surface area (Å²) in [6.45, 7) is 0. The molecule has 2 aromatic rings. The van der Waals surface area contributed by atoms with Gasteiger partial charge in [-0.15, -0.1) is 12.2 Å². The maximum Gasteiger partial charge on any atom is 0.123 e. The van der Waals surface area contributed by atoms with Gasteiger partial charge in [0.05, 0.1) is 5.24 Å². The van der Waals surface area contributed by atoms with Crippen molar-refractivity contribution in [3.63, 3.8) is 0 Å². The number of rotatable bonds is 2. The van der Waals surface area contributed by atoms with Gasteiger partial charge in [-0.3, -0.25) is 0 Å². The highest BCUT2D eigenvalue weighted by molar-refractivity contribution is 8.68. The summed E-state index contributed by atoms with van der Waals surface area (Å²) in [4.78, 5) is 0. The second-order valence-corrected chi connectivity index (χ2v) is 9.97. The van der Waals surface area contributed by atoms with Crippen molar-refractivity contribution in [2.24, 2.45) is 0 Å². The van der Waals surface area contributed by atoms with Gasteiger partial charge in [0.2, 0.25) is 0 Å². The Morgan fingerprint density at radius 3 is 1.35 bits per heavy atom. The molecule has 0 fully saturated rings. The molecular weight excluding hydrogens is 277 g/mol. The molecular formula is C12H9F2PS2. The molecule has 5 heteroatoms. The molecule has 0 N–H and O–H groups in total. The molecule has 0 bridgehead atoms. The van der Waals surface area contributed by atoms with E-state index in [1.54, 1.807) is 24.3 Å². The van der Waals surface area contributed by atoms with Crippen molar-refractivity contribution in [2.75, 3.05) is 0 Å². The van der Waals surface area contributed by atoms with Gasteiger partial charge in [0.25, 0.3) is 0 Å². The normalized spacial score (nSPS) is 11.5. The molecule has 17 heavy (non-hydrogen) atoms. The highest BCUT2D eigenvalue weighted by Crippen LogP contribution is 2.48. The Morgan fingerprint density at radius 1 is 0.765 bits per heavy atom. The predicted molar refractivity (Wildman–Crippen MR) is 75.3 cm³/mol. The standard InChI is InChI=1S/C12H9F2PS2/c13-9-1-5-11(6-2-9)15(16,17)12-7-3-10(14)4-8-12/h1-8H,(H,16,17). The van der Waals surface area contributed by atoms with Crippen molar-refractivity contribution in [3.8, 4) is 0 Å². The highest BCUT2D eigenvalue weighted by Gasteiger charge is 2.17. The average Bonchev–Trinajstić information content (AvgIpc) is 2.30. The Bertz CT molecular complexity index is 515. The van der Waals surface area contributed by atoms with Gasteiger partial charge in [-0.05, 0) is 59.1 Å². The lowest BCUT2D eigenvalue weighted by atomic mass is 10.3.